The van der Waals surface area contributed by atoms with E-state index in [9.17, 15) is 13.2 Å². The summed E-state index contributed by atoms with van der Waals surface area (Å²) in [6, 6.07) is 16.6. The number of benzene rings is 3. The first-order chi connectivity index (χ1) is 15.3. The number of aryl methyl sites for hydroxylation is 1. The van der Waals surface area contributed by atoms with E-state index in [1.54, 1.807) is 50.4 Å². The molecular weight excluding hydrogens is 428 g/mol. The van der Waals surface area contributed by atoms with E-state index in [4.69, 9.17) is 9.47 Å². The number of fused-ring (bicyclic) bond motifs is 2. The molecule has 0 bridgehead atoms. The number of carbonyl (C=O) groups is 1. The van der Waals surface area contributed by atoms with Gasteiger partial charge >= 0.3 is 0 Å². The molecule has 166 valence electrons. The monoisotopic (exact) mass is 452 g/mol. The predicted octanol–water partition coefficient (Wildman–Crippen LogP) is 4.97. The molecule has 1 amide bonds. The fraction of sp³-hybridized carbons (Fsp3) is 0.208. The van der Waals surface area contributed by atoms with Gasteiger partial charge in [0.25, 0.3) is 15.9 Å². The van der Waals surface area contributed by atoms with Crippen molar-refractivity contribution in [2.45, 2.75) is 25.2 Å². The predicted molar refractivity (Wildman–Crippen MR) is 123 cm³/mol. The zero-order valence-corrected chi connectivity index (χ0v) is 18.9. The van der Waals surface area contributed by atoms with Crippen molar-refractivity contribution in [1.29, 1.82) is 0 Å². The van der Waals surface area contributed by atoms with Gasteiger partial charge in [-0.1, -0.05) is 19.1 Å². The van der Waals surface area contributed by atoms with Gasteiger partial charge < -0.3 is 14.4 Å². The molecule has 3 aromatic carbocycles. The Labute approximate surface area is 187 Å². The van der Waals surface area contributed by atoms with Crippen molar-refractivity contribution in [1.82, 2.24) is 0 Å². The first kappa shape index (κ1) is 21.7. The quantitative estimate of drug-likeness (QED) is 0.571. The van der Waals surface area contributed by atoms with Crippen molar-refractivity contribution in [2.75, 3.05) is 23.3 Å². The third kappa shape index (κ3) is 4.13. The summed E-state index contributed by atoms with van der Waals surface area (Å²) in [5, 5.41) is 0. The maximum atomic E-state index is 13.0. The minimum atomic E-state index is -3.86. The molecular formula is C24H24N2O5S. The normalized spacial score (nSPS) is 13.0. The van der Waals surface area contributed by atoms with Gasteiger partial charge in [0.15, 0.2) is 5.75 Å². The molecule has 0 saturated heterocycles. The smallest absolute Gasteiger partial charge is 0.261 e. The Bertz CT molecular complexity index is 1290. The Kier molecular flexibility index (Phi) is 5.80. The number of rotatable bonds is 6. The van der Waals surface area contributed by atoms with E-state index >= 15 is 0 Å². The van der Waals surface area contributed by atoms with Crippen molar-refractivity contribution in [3.63, 3.8) is 0 Å². The second kappa shape index (κ2) is 8.55. The summed E-state index contributed by atoms with van der Waals surface area (Å²) in [5.41, 5.74) is 1.90. The van der Waals surface area contributed by atoms with Crippen molar-refractivity contribution in [3.05, 3.63) is 71.8 Å². The summed E-state index contributed by atoms with van der Waals surface area (Å²) in [5.74, 6) is 1.28. The zero-order chi connectivity index (χ0) is 22.9. The lowest BCUT2D eigenvalue weighted by atomic mass is 10.1. The third-order valence-corrected chi connectivity index (χ3v) is 6.51. The lowest BCUT2D eigenvalue weighted by Gasteiger charge is -2.16. The lowest BCUT2D eigenvalue weighted by Crippen LogP contribution is -2.25. The number of sulfonamides is 1. The summed E-state index contributed by atoms with van der Waals surface area (Å²) in [4.78, 5) is 14.6. The van der Waals surface area contributed by atoms with E-state index in [1.165, 1.54) is 17.0 Å². The van der Waals surface area contributed by atoms with Crippen LogP contribution in [-0.2, 0) is 10.0 Å². The van der Waals surface area contributed by atoms with Gasteiger partial charge in [-0.3, -0.25) is 9.52 Å². The van der Waals surface area contributed by atoms with Crippen LogP contribution in [0.15, 0.2) is 65.6 Å². The Morgan fingerprint density at radius 2 is 1.81 bits per heavy atom. The van der Waals surface area contributed by atoms with Crippen molar-refractivity contribution >= 4 is 27.3 Å². The van der Waals surface area contributed by atoms with Crippen LogP contribution in [0.1, 0.15) is 29.3 Å². The van der Waals surface area contributed by atoms with Crippen LogP contribution in [0.4, 0.5) is 11.4 Å². The first-order valence-corrected chi connectivity index (χ1v) is 11.7. The molecule has 1 heterocycles. The minimum absolute atomic E-state index is 0.112. The number of hydrogen-bond donors (Lipinski definition) is 1. The van der Waals surface area contributed by atoms with E-state index < -0.39 is 10.0 Å². The second-order valence-corrected chi connectivity index (χ2v) is 9.21. The number of para-hydroxylation sites is 2. The molecule has 8 heteroatoms. The molecule has 0 spiro atoms. The molecule has 1 aliphatic heterocycles. The maximum Gasteiger partial charge on any atom is 0.261 e. The number of nitrogens with zero attached hydrogens (tertiary/aromatic N) is 1. The Morgan fingerprint density at radius 3 is 2.56 bits per heavy atom. The summed E-state index contributed by atoms with van der Waals surface area (Å²) in [6.07, 6.45) is 0.863. The highest BCUT2D eigenvalue weighted by atomic mass is 32.2. The van der Waals surface area contributed by atoms with Crippen molar-refractivity contribution < 1.29 is 22.7 Å². The van der Waals surface area contributed by atoms with Crippen LogP contribution in [0.5, 0.6) is 17.2 Å². The molecule has 1 N–H and O–H groups in total. The maximum absolute atomic E-state index is 13.0. The SMILES string of the molecule is CCCOc1ccc(S(=O)(=O)Nc2ccc3c(c2)C(=O)N(C)c2ccccc2O3)cc1C. The molecule has 4 rings (SSSR count). The molecule has 3 aromatic rings. The standard InChI is InChI=1S/C24H24N2O5S/c1-4-13-30-21-12-10-18(14-16(21)2)32(28,29)25-17-9-11-22-19(15-17)24(27)26(3)20-7-5-6-8-23(20)31-22/h5-12,14-15,25H,4,13H2,1-3H3. The van der Waals surface area contributed by atoms with Crippen LogP contribution in [0.25, 0.3) is 0 Å². The Hall–Kier alpha value is -3.52. The van der Waals surface area contributed by atoms with Crippen LogP contribution in [0, 0.1) is 6.92 Å². The lowest BCUT2D eigenvalue weighted by molar-refractivity contribution is 0.0993. The number of ether oxygens (including phenoxy) is 2. The number of carbonyl (C=O) groups excluding carboxylic acids is 1. The topological polar surface area (TPSA) is 84.9 Å². The van der Waals surface area contributed by atoms with Gasteiger partial charge in [-0.2, -0.15) is 0 Å². The van der Waals surface area contributed by atoms with Gasteiger partial charge in [0.1, 0.15) is 11.5 Å². The van der Waals surface area contributed by atoms with E-state index in [2.05, 4.69) is 4.72 Å². The summed E-state index contributed by atoms with van der Waals surface area (Å²) >= 11 is 0. The fourth-order valence-corrected chi connectivity index (χ4v) is 4.59. The zero-order valence-electron chi connectivity index (χ0n) is 18.1. The molecule has 0 radical (unpaired) electrons. The summed E-state index contributed by atoms with van der Waals surface area (Å²) < 4.78 is 40.0. The number of nitrogens with one attached hydrogen (secondary N) is 1. The summed E-state index contributed by atoms with van der Waals surface area (Å²) in [7, 11) is -2.21. The minimum Gasteiger partial charge on any atom is -0.493 e. The van der Waals surface area contributed by atoms with Gasteiger partial charge in [0.2, 0.25) is 0 Å². The molecule has 0 fully saturated rings. The van der Waals surface area contributed by atoms with E-state index in [0.717, 1.165) is 12.0 Å². The molecule has 7 nitrogen and oxygen atoms in total. The van der Waals surface area contributed by atoms with Gasteiger partial charge in [-0.25, -0.2) is 8.42 Å². The highest BCUT2D eigenvalue weighted by Crippen LogP contribution is 2.39. The molecule has 32 heavy (non-hydrogen) atoms. The van der Waals surface area contributed by atoms with E-state index in [0.29, 0.717) is 29.5 Å². The average Bonchev–Trinajstić information content (AvgIpc) is 2.88. The van der Waals surface area contributed by atoms with Gasteiger partial charge in [0.05, 0.1) is 22.8 Å². The summed E-state index contributed by atoms with van der Waals surface area (Å²) in [6.45, 7) is 4.37. The van der Waals surface area contributed by atoms with E-state index in [-0.39, 0.29) is 22.1 Å². The molecule has 1 aliphatic rings. The largest absolute Gasteiger partial charge is 0.493 e. The number of hydrogen-bond acceptors (Lipinski definition) is 5. The first-order valence-electron chi connectivity index (χ1n) is 10.3. The fourth-order valence-electron chi connectivity index (χ4n) is 3.46. The van der Waals surface area contributed by atoms with Gasteiger partial charge in [0, 0.05) is 12.7 Å². The van der Waals surface area contributed by atoms with Crippen LogP contribution in [0.3, 0.4) is 0 Å². The highest BCUT2D eigenvalue weighted by molar-refractivity contribution is 7.92. The number of amides is 1. The molecule has 0 saturated carbocycles. The van der Waals surface area contributed by atoms with Crippen LogP contribution in [-0.4, -0.2) is 28.0 Å². The van der Waals surface area contributed by atoms with Crippen LogP contribution < -0.4 is 19.1 Å². The molecule has 0 atom stereocenters. The number of anilines is 2. The third-order valence-electron chi connectivity index (χ3n) is 5.13. The van der Waals surface area contributed by atoms with Crippen LogP contribution >= 0.6 is 0 Å². The Morgan fingerprint density at radius 1 is 1.03 bits per heavy atom. The van der Waals surface area contributed by atoms with Crippen molar-refractivity contribution in [2.24, 2.45) is 0 Å². The van der Waals surface area contributed by atoms with E-state index in [1.807, 2.05) is 19.1 Å². The molecule has 0 aliphatic carbocycles. The van der Waals surface area contributed by atoms with Gasteiger partial charge in [-0.05, 0) is 67.4 Å². The average molecular weight is 453 g/mol. The van der Waals surface area contributed by atoms with Crippen LogP contribution in [0.2, 0.25) is 0 Å². The van der Waals surface area contributed by atoms with Gasteiger partial charge in [-0.15, -0.1) is 0 Å². The highest BCUT2D eigenvalue weighted by Gasteiger charge is 2.26. The molecule has 0 aromatic heterocycles. The van der Waals surface area contributed by atoms with Crippen molar-refractivity contribution in [3.8, 4) is 17.2 Å². The Balaban J connectivity index is 1.62. The molecule has 0 unspecified atom stereocenters. The second-order valence-electron chi connectivity index (χ2n) is 7.53.